The minimum atomic E-state index is -0.357. The molecule has 2 nitrogen and oxygen atoms in total. The summed E-state index contributed by atoms with van der Waals surface area (Å²) >= 11 is 3.54. The van der Waals surface area contributed by atoms with Crippen LogP contribution in [0, 0.1) is 5.92 Å². The van der Waals surface area contributed by atoms with Crippen LogP contribution < -0.4 is 0 Å². The van der Waals surface area contributed by atoms with Gasteiger partial charge in [0, 0.05) is 17.1 Å². The Kier molecular flexibility index (Phi) is 5.36. The van der Waals surface area contributed by atoms with Gasteiger partial charge in [-0.3, -0.25) is 0 Å². The summed E-state index contributed by atoms with van der Waals surface area (Å²) in [6.45, 7) is 2.26. The van der Waals surface area contributed by atoms with Crippen molar-refractivity contribution >= 4 is 15.9 Å². The van der Waals surface area contributed by atoms with Crippen molar-refractivity contribution in [3.05, 3.63) is 34.3 Å². The van der Waals surface area contributed by atoms with Gasteiger partial charge in [0.25, 0.3) is 0 Å². The summed E-state index contributed by atoms with van der Waals surface area (Å²) in [5.74, 6) is 0.924. The molecule has 0 amide bonds. The van der Waals surface area contributed by atoms with Crippen LogP contribution in [0.3, 0.4) is 0 Å². The van der Waals surface area contributed by atoms with Gasteiger partial charge in [-0.15, -0.1) is 0 Å². The van der Waals surface area contributed by atoms with Gasteiger partial charge >= 0.3 is 0 Å². The summed E-state index contributed by atoms with van der Waals surface area (Å²) in [6, 6.07) is 8.82. The molecule has 0 radical (unpaired) electrons. The lowest BCUT2D eigenvalue weighted by molar-refractivity contribution is 0.0455. The van der Waals surface area contributed by atoms with Crippen molar-refractivity contribution in [2.24, 2.45) is 5.92 Å². The predicted molar refractivity (Wildman–Crippen MR) is 90.3 cm³/mol. The van der Waals surface area contributed by atoms with E-state index in [1.54, 1.807) is 0 Å². The number of piperidine rings is 1. The molecule has 1 saturated carbocycles. The van der Waals surface area contributed by atoms with Gasteiger partial charge in [0.2, 0.25) is 0 Å². The van der Waals surface area contributed by atoms with Gasteiger partial charge in [-0.2, -0.15) is 0 Å². The van der Waals surface area contributed by atoms with Crippen LogP contribution >= 0.6 is 15.9 Å². The van der Waals surface area contributed by atoms with Crippen molar-refractivity contribution in [2.45, 2.75) is 57.1 Å². The van der Waals surface area contributed by atoms with Gasteiger partial charge in [0.1, 0.15) is 0 Å². The van der Waals surface area contributed by atoms with Crippen molar-refractivity contribution in [3.8, 4) is 0 Å². The molecule has 1 saturated heterocycles. The van der Waals surface area contributed by atoms with Crippen LogP contribution in [0.5, 0.6) is 0 Å². The zero-order valence-electron chi connectivity index (χ0n) is 12.7. The van der Waals surface area contributed by atoms with Crippen molar-refractivity contribution in [1.29, 1.82) is 0 Å². The summed E-state index contributed by atoms with van der Waals surface area (Å²) in [7, 11) is 0. The van der Waals surface area contributed by atoms with Gasteiger partial charge in [-0.1, -0.05) is 47.0 Å². The Balaban J connectivity index is 1.58. The number of hydrogen-bond donors (Lipinski definition) is 1. The molecular formula is C18H26BrNO. The second kappa shape index (κ2) is 7.26. The molecule has 3 atom stereocenters. The fraction of sp³-hybridized carbons (Fsp3) is 0.667. The highest BCUT2D eigenvalue weighted by Crippen LogP contribution is 2.36. The predicted octanol–water partition coefficient (Wildman–Crippen LogP) is 4.53. The maximum atomic E-state index is 10.5. The van der Waals surface area contributed by atoms with E-state index in [9.17, 15) is 5.11 Å². The molecule has 1 aromatic rings. The second-order valence-corrected chi connectivity index (χ2v) is 7.47. The summed E-state index contributed by atoms with van der Waals surface area (Å²) in [6.07, 6.45) is 8.86. The molecule has 2 aliphatic rings. The highest BCUT2D eigenvalue weighted by Gasteiger charge is 2.33. The average Bonchev–Trinajstić information content (AvgIpc) is 2.53. The third kappa shape index (κ3) is 3.69. The van der Waals surface area contributed by atoms with Crippen molar-refractivity contribution < 1.29 is 5.11 Å². The fourth-order valence-electron chi connectivity index (χ4n) is 4.19. The molecule has 3 unspecified atom stereocenters. The monoisotopic (exact) mass is 351 g/mol. The number of fused-ring (bicyclic) bond motifs is 1. The minimum absolute atomic E-state index is 0.357. The molecule has 0 aromatic heterocycles. The topological polar surface area (TPSA) is 23.5 Å². The van der Waals surface area contributed by atoms with Gasteiger partial charge in [-0.05, 0) is 56.2 Å². The van der Waals surface area contributed by atoms with Crippen LogP contribution in [0.4, 0.5) is 0 Å². The van der Waals surface area contributed by atoms with Crippen LogP contribution in [0.15, 0.2) is 28.7 Å². The minimum Gasteiger partial charge on any atom is -0.388 e. The first-order chi connectivity index (χ1) is 10.3. The Hall–Kier alpha value is -0.380. The lowest BCUT2D eigenvalue weighted by Crippen LogP contribution is -2.47. The number of hydrogen-bond acceptors (Lipinski definition) is 2. The molecule has 0 spiro atoms. The Morgan fingerprint density at radius 3 is 2.76 bits per heavy atom. The van der Waals surface area contributed by atoms with Crippen molar-refractivity contribution in [2.75, 3.05) is 13.1 Å². The Labute approximate surface area is 136 Å². The van der Waals surface area contributed by atoms with Crippen LogP contribution in [0.25, 0.3) is 0 Å². The van der Waals surface area contributed by atoms with E-state index in [-0.39, 0.29) is 6.10 Å². The van der Waals surface area contributed by atoms with E-state index in [1.165, 1.54) is 45.1 Å². The summed E-state index contributed by atoms with van der Waals surface area (Å²) < 4.78 is 1.02. The van der Waals surface area contributed by atoms with Crippen LogP contribution in [-0.4, -0.2) is 29.1 Å². The van der Waals surface area contributed by atoms with E-state index >= 15 is 0 Å². The molecular weight excluding hydrogens is 326 g/mol. The number of benzene rings is 1. The highest BCUT2D eigenvalue weighted by atomic mass is 79.9. The largest absolute Gasteiger partial charge is 0.388 e. The SMILES string of the molecule is OC(CCN1CCCC2CCCCC21)c1ccccc1Br. The zero-order valence-corrected chi connectivity index (χ0v) is 14.3. The Morgan fingerprint density at radius 2 is 1.90 bits per heavy atom. The first-order valence-corrected chi connectivity index (χ1v) is 9.21. The number of nitrogens with zero attached hydrogens (tertiary/aromatic N) is 1. The van der Waals surface area contributed by atoms with Crippen LogP contribution in [0.2, 0.25) is 0 Å². The standard InChI is InChI=1S/C18H26BrNO/c19-16-9-3-2-8-15(16)18(21)11-13-20-12-5-7-14-6-1-4-10-17(14)20/h2-3,8-9,14,17-18,21H,1,4-7,10-13H2. The maximum Gasteiger partial charge on any atom is 0.0813 e. The molecule has 2 fully saturated rings. The third-order valence-electron chi connectivity index (χ3n) is 5.31. The lowest BCUT2D eigenvalue weighted by Gasteiger charge is -2.44. The van der Waals surface area contributed by atoms with Crippen LogP contribution in [-0.2, 0) is 0 Å². The average molecular weight is 352 g/mol. The van der Waals surface area contributed by atoms with Crippen LogP contribution in [0.1, 0.15) is 56.6 Å². The zero-order chi connectivity index (χ0) is 14.7. The first-order valence-electron chi connectivity index (χ1n) is 8.42. The van der Waals surface area contributed by atoms with E-state index in [1.807, 2.05) is 24.3 Å². The molecule has 21 heavy (non-hydrogen) atoms. The first kappa shape index (κ1) is 15.5. The molecule has 1 aliphatic heterocycles. The van der Waals surface area contributed by atoms with E-state index in [0.717, 1.165) is 35.0 Å². The van der Waals surface area contributed by atoms with Gasteiger partial charge in [0.15, 0.2) is 0 Å². The molecule has 1 N–H and O–H groups in total. The van der Waals surface area contributed by atoms with Gasteiger partial charge < -0.3 is 10.0 Å². The van der Waals surface area contributed by atoms with E-state index in [0.29, 0.717) is 0 Å². The van der Waals surface area contributed by atoms with Crippen molar-refractivity contribution in [3.63, 3.8) is 0 Å². The smallest absolute Gasteiger partial charge is 0.0813 e. The quantitative estimate of drug-likeness (QED) is 0.861. The Bertz CT molecular complexity index is 462. The number of rotatable bonds is 4. The van der Waals surface area contributed by atoms with Gasteiger partial charge in [-0.25, -0.2) is 0 Å². The van der Waals surface area contributed by atoms with E-state index in [2.05, 4.69) is 20.8 Å². The summed E-state index contributed by atoms with van der Waals surface area (Å²) in [4.78, 5) is 2.66. The molecule has 0 bridgehead atoms. The summed E-state index contributed by atoms with van der Waals surface area (Å²) in [5.41, 5.74) is 1.02. The molecule has 116 valence electrons. The molecule has 1 aliphatic carbocycles. The van der Waals surface area contributed by atoms with Gasteiger partial charge in [0.05, 0.1) is 6.10 Å². The van der Waals surface area contributed by atoms with E-state index < -0.39 is 0 Å². The summed E-state index contributed by atoms with van der Waals surface area (Å²) in [5, 5.41) is 10.5. The second-order valence-electron chi connectivity index (χ2n) is 6.62. The third-order valence-corrected chi connectivity index (χ3v) is 6.03. The maximum absolute atomic E-state index is 10.5. The highest BCUT2D eigenvalue weighted by molar-refractivity contribution is 9.10. The lowest BCUT2D eigenvalue weighted by atomic mass is 9.78. The normalized spacial score (nSPS) is 28.1. The molecule has 1 heterocycles. The molecule has 3 heteroatoms. The molecule has 1 aromatic carbocycles. The van der Waals surface area contributed by atoms with Crippen molar-refractivity contribution in [1.82, 2.24) is 4.90 Å². The number of aliphatic hydroxyl groups excluding tert-OH is 1. The molecule has 3 rings (SSSR count). The van der Waals surface area contributed by atoms with E-state index in [4.69, 9.17) is 0 Å². The number of likely N-dealkylation sites (tertiary alicyclic amines) is 1. The number of aliphatic hydroxyl groups is 1. The number of halogens is 1. The fourth-order valence-corrected chi connectivity index (χ4v) is 4.74. The Morgan fingerprint density at radius 1 is 1.14 bits per heavy atom.